The summed E-state index contributed by atoms with van der Waals surface area (Å²) in [5.41, 5.74) is 4.39. The first-order valence-electron chi connectivity index (χ1n) is 9.01. The molecule has 0 bridgehead atoms. The van der Waals surface area contributed by atoms with Gasteiger partial charge in [0.05, 0.1) is 5.69 Å². The minimum absolute atomic E-state index is 0.218. The van der Waals surface area contributed by atoms with Gasteiger partial charge in [-0.05, 0) is 67.4 Å². The summed E-state index contributed by atoms with van der Waals surface area (Å²) < 4.78 is 2.30. The van der Waals surface area contributed by atoms with Gasteiger partial charge in [0.2, 0.25) is 5.91 Å². The second-order valence-electron chi connectivity index (χ2n) is 6.78. The molecular formula is C21H18ClN5O2. The molecule has 0 aliphatic carbocycles. The molecule has 146 valence electrons. The van der Waals surface area contributed by atoms with Crippen LogP contribution in [0.25, 0.3) is 16.9 Å². The van der Waals surface area contributed by atoms with Crippen LogP contribution >= 0.6 is 11.6 Å². The number of amides is 1. The lowest BCUT2D eigenvalue weighted by Crippen LogP contribution is -2.28. The number of aryl methyl sites for hydroxylation is 2. The van der Waals surface area contributed by atoms with Crippen LogP contribution in [0.1, 0.15) is 11.1 Å². The Morgan fingerprint density at radius 3 is 2.48 bits per heavy atom. The van der Waals surface area contributed by atoms with Gasteiger partial charge in [-0.3, -0.25) is 4.79 Å². The summed E-state index contributed by atoms with van der Waals surface area (Å²) >= 11 is 5.84. The summed E-state index contributed by atoms with van der Waals surface area (Å²) in [5.74, 6) is -0.368. The first-order chi connectivity index (χ1) is 13.9. The fraction of sp³-hybridized carbons (Fsp3) is 0.143. The van der Waals surface area contributed by atoms with E-state index >= 15 is 0 Å². The number of hydrogen-bond acceptors (Lipinski definition) is 4. The Labute approximate surface area is 171 Å². The number of carbonyl (C=O) groups excluding carboxylic acids is 1. The number of fused-ring (bicyclic) bond motifs is 1. The van der Waals surface area contributed by atoms with Crippen molar-refractivity contribution in [2.24, 2.45) is 0 Å². The van der Waals surface area contributed by atoms with E-state index in [0.29, 0.717) is 22.1 Å². The molecule has 0 radical (unpaired) electrons. The first kappa shape index (κ1) is 18.9. The smallest absolute Gasteiger partial charge is 0.324 e. The van der Waals surface area contributed by atoms with Crippen molar-refractivity contribution in [1.82, 2.24) is 19.4 Å². The maximum Gasteiger partial charge on any atom is 0.367 e. The molecule has 0 atom stereocenters. The molecule has 0 fully saturated rings. The second-order valence-corrected chi connectivity index (χ2v) is 7.22. The Morgan fingerprint density at radius 1 is 1.00 bits per heavy atom. The van der Waals surface area contributed by atoms with Crippen molar-refractivity contribution < 1.29 is 4.79 Å². The SMILES string of the molecule is Cc1ccc(-c2ccc3nn(CC(=O)Nc4ccc(Cl)cc4)c(=O)n3n2)cc1C. The zero-order chi connectivity index (χ0) is 20.5. The molecule has 4 rings (SSSR count). The van der Waals surface area contributed by atoms with Crippen molar-refractivity contribution in [3.63, 3.8) is 0 Å². The van der Waals surface area contributed by atoms with Crippen molar-refractivity contribution in [3.8, 4) is 11.3 Å². The van der Waals surface area contributed by atoms with Crippen molar-refractivity contribution in [2.45, 2.75) is 20.4 Å². The van der Waals surface area contributed by atoms with Gasteiger partial charge in [0.1, 0.15) is 6.54 Å². The van der Waals surface area contributed by atoms with E-state index < -0.39 is 5.69 Å². The van der Waals surface area contributed by atoms with Crippen molar-refractivity contribution in [1.29, 1.82) is 0 Å². The lowest BCUT2D eigenvalue weighted by Gasteiger charge is -2.04. The Kier molecular flexibility index (Phi) is 4.90. The normalized spacial score (nSPS) is 11.0. The Hall–Kier alpha value is -3.45. The fourth-order valence-electron chi connectivity index (χ4n) is 2.94. The molecule has 29 heavy (non-hydrogen) atoms. The van der Waals surface area contributed by atoms with Crippen molar-refractivity contribution in [3.05, 3.63) is 81.2 Å². The van der Waals surface area contributed by atoms with E-state index in [1.165, 1.54) is 10.1 Å². The third kappa shape index (κ3) is 3.90. The van der Waals surface area contributed by atoms with E-state index in [2.05, 4.69) is 15.5 Å². The molecule has 1 amide bonds. The minimum Gasteiger partial charge on any atom is -0.324 e. The number of benzene rings is 2. The minimum atomic E-state index is -0.475. The third-order valence-electron chi connectivity index (χ3n) is 4.66. The molecule has 0 saturated heterocycles. The predicted octanol–water partition coefficient (Wildman–Crippen LogP) is 3.47. The summed E-state index contributed by atoms with van der Waals surface area (Å²) in [5, 5.41) is 11.9. The molecular weight excluding hydrogens is 390 g/mol. The second kappa shape index (κ2) is 7.52. The van der Waals surface area contributed by atoms with E-state index in [4.69, 9.17) is 11.6 Å². The molecule has 0 spiro atoms. The van der Waals surface area contributed by atoms with Crippen LogP contribution in [0.3, 0.4) is 0 Å². The van der Waals surface area contributed by atoms with Crippen molar-refractivity contribution >= 4 is 28.8 Å². The van der Waals surface area contributed by atoms with E-state index in [1.807, 2.05) is 38.1 Å². The van der Waals surface area contributed by atoms with Crippen LogP contribution in [-0.4, -0.2) is 25.3 Å². The van der Waals surface area contributed by atoms with Crippen LogP contribution in [0.5, 0.6) is 0 Å². The summed E-state index contributed by atoms with van der Waals surface area (Å²) in [6, 6.07) is 16.2. The fourth-order valence-corrected chi connectivity index (χ4v) is 3.06. The summed E-state index contributed by atoms with van der Waals surface area (Å²) in [6.07, 6.45) is 0. The van der Waals surface area contributed by atoms with E-state index in [1.54, 1.807) is 30.3 Å². The summed E-state index contributed by atoms with van der Waals surface area (Å²) in [4.78, 5) is 24.9. The largest absolute Gasteiger partial charge is 0.367 e. The Bertz CT molecular complexity index is 1270. The lowest BCUT2D eigenvalue weighted by molar-refractivity contribution is -0.117. The van der Waals surface area contributed by atoms with Crippen LogP contribution in [0, 0.1) is 13.8 Å². The molecule has 7 nitrogen and oxygen atoms in total. The number of rotatable bonds is 4. The topological polar surface area (TPSA) is 81.3 Å². The van der Waals surface area contributed by atoms with Gasteiger partial charge < -0.3 is 5.32 Å². The standard InChI is InChI=1S/C21H18ClN5O2/c1-13-3-4-15(11-14(13)2)18-9-10-19-25-26(21(29)27(19)24-18)12-20(28)23-17-7-5-16(22)6-8-17/h3-11H,12H2,1-2H3,(H,23,28). The zero-order valence-corrected chi connectivity index (χ0v) is 16.6. The summed E-state index contributed by atoms with van der Waals surface area (Å²) in [7, 11) is 0. The van der Waals surface area contributed by atoms with Crippen LogP contribution in [0.15, 0.2) is 59.4 Å². The third-order valence-corrected chi connectivity index (χ3v) is 4.92. The predicted molar refractivity (Wildman–Crippen MR) is 112 cm³/mol. The zero-order valence-electron chi connectivity index (χ0n) is 15.9. The van der Waals surface area contributed by atoms with Crippen molar-refractivity contribution in [2.75, 3.05) is 5.32 Å². The molecule has 8 heteroatoms. The molecule has 0 saturated carbocycles. The van der Waals surface area contributed by atoms with E-state index in [0.717, 1.165) is 15.8 Å². The van der Waals surface area contributed by atoms with Gasteiger partial charge in [-0.25, -0.2) is 9.48 Å². The Balaban J connectivity index is 1.60. The van der Waals surface area contributed by atoms with Gasteiger partial charge in [0.25, 0.3) is 0 Å². The molecule has 2 aromatic carbocycles. The summed E-state index contributed by atoms with van der Waals surface area (Å²) in [6.45, 7) is 3.85. The van der Waals surface area contributed by atoms with E-state index in [9.17, 15) is 9.59 Å². The average Bonchev–Trinajstić information content (AvgIpc) is 3.01. The molecule has 0 aliphatic rings. The van der Waals surface area contributed by atoms with Gasteiger partial charge in [-0.1, -0.05) is 23.7 Å². The molecule has 2 heterocycles. The van der Waals surface area contributed by atoms with E-state index in [-0.39, 0.29) is 12.5 Å². The number of aromatic nitrogens is 4. The lowest BCUT2D eigenvalue weighted by atomic mass is 10.0. The van der Waals surface area contributed by atoms with Crippen LogP contribution < -0.4 is 11.0 Å². The highest BCUT2D eigenvalue weighted by atomic mass is 35.5. The van der Waals surface area contributed by atoms with Crippen LogP contribution in [0.2, 0.25) is 5.02 Å². The van der Waals surface area contributed by atoms with Gasteiger partial charge in [-0.15, -0.1) is 5.10 Å². The number of carbonyl (C=O) groups is 1. The van der Waals surface area contributed by atoms with Gasteiger partial charge in [0.15, 0.2) is 5.65 Å². The van der Waals surface area contributed by atoms with Crippen LogP contribution in [0.4, 0.5) is 5.69 Å². The van der Waals surface area contributed by atoms with Gasteiger partial charge >= 0.3 is 5.69 Å². The number of halogens is 1. The number of hydrogen-bond donors (Lipinski definition) is 1. The van der Waals surface area contributed by atoms with Gasteiger partial charge in [0, 0.05) is 16.3 Å². The monoisotopic (exact) mass is 407 g/mol. The highest BCUT2D eigenvalue weighted by molar-refractivity contribution is 6.30. The van der Waals surface area contributed by atoms with Gasteiger partial charge in [-0.2, -0.15) is 9.61 Å². The molecule has 0 aliphatic heterocycles. The number of anilines is 1. The molecule has 0 unspecified atom stereocenters. The molecule has 4 aromatic rings. The maximum absolute atomic E-state index is 12.7. The first-order valence-corrected chi connectivity index (χ1v) is 9.38. The highest BCUT2D eigenvalue weighted by Gasteiger charge is 2.13. The Morgan fingerprint density at radius 2 is 1.76 bits per heavy atom. The number of nitrogens with zero attached hydrogens (tertiary/aromatic N) is 4. The van der Waals surface area contributed by atoms with Crippen LogP contribution in [-0.2, 0) is 11.3 Å². The molecule has 1 N–H and O–H groups in total. The number of nitrogens with one attached hydrogen (secondary N) is 1. The average molecular weight is 408 g/mol. The quantitative estimate of drug-likeness (QED) is 0.561. The molecule has 2 aromatic heterocycles. The highest BCUT2D eigenvalue weighted by Crippen LogP contribution is 2.20. The maximum atomic E-state index is 12.7.